The molecule has 5 heteroatoms. The maximum Gasteiger partial charge on any atom is 0.312 e. The van der Waals surface area contributed by atoms with Gasteiger partial charge in [-0.3, -0.25) is 9.59 Å². The summed E-state index contributed by atoms with van der Waals surface area (Å²) in [6.45, 7) is 5.85. The van der Waals surface area contributed by atoms with Crippen molar-refractivity contribution < 1.29 is 14.3 Å². The first kappa shape index (κ1) is 19.8. The largest absolute Gasteiger partial charge is 0.455 e. The quantitative estimate of drug-likeness (QED) is 0.577. The zero-order valence-electron chi connectivity index (χ0n) is 17.0. The zero-order chi connectivity index (χ0) is 20.1. The van der Waals surface area contributed by atoms with Gasteiger partial charge in [0, 0.05) is 4.87 Å². The van der Waals surface area contributed by atoms with Crippen LogP contribution in [0, 0.1) is 31.1 Å². The van der Waals surface area contributed by atoms with Gasteiger partial charge in [-0.2, -0.15) is 0 Å². The number of esters is 1. The van der Waals surface area contributed by atoms with Crippen LogP contribution in [0.3, 0.4) is 0 Å². The number of carbonyl (C=O) groups is 2. The van der Waals surface area contributed by atoms with Crippen molar-refractivity contribution in [1.29, 1.82) is 0 Å². The molecule has 1 N–H and O–H groups in total. The fourth-order valence-electron chi connectivity index (χ4n) is 6.07. The first-order valence-electron chi connectivity index (χ1n) is 10.4. The third kappa shape index (κ3) is 3.68. The minimum Gasteiger partial charge on any atom is -0.455 e. The normalized spacial score (nSPS) is 34.1. The van der Waals surface area contributed by atoms with Crippen molar-refractivity contribution in [2.24, 2.45) is 17.3 Å². The molecule has 5 atom stereocenters. The smallest absolute Gasteiger partial charge is 0.312 e. The van der Waals surface area contributed by atoms with Gasteiger partial charge in [0.15, 0.2) is 6.61 Å². The average molecular weight is 404 g/mol. The first-order chi connectivity index (χ1) is 13.2. The molecule has 1 amide bonds. The van der Waals surface area contributed by atoms with Crippen LogP contribution in [0.25, 0.3) is 0 Å². The van der Waals surface area contributed by atoms with Gasteiger partial charge in [-0.25, -0.2) is 0 Å². The number of hydrogen-bond acceptors (Lipinski definition) is 3. The number of rotatable bonds is 5. The van der Waals surface area contributed by atoms with E-state index in [4.69, 9.17) is 16.3 Å². The summed E-state index contributed by atoms with van der Waals surface area (Å²) in [6.07, 6.45) is 5.68. The van der Waals surface area contributed by atoms with Gasteiger partial charge in [0.25, 0.3) is 5.91 Å². The van der Waals surface area contributed by atoms with Crippen LogP contribution in [0.2, 0.25) is 0 Å². The fourth-order valence-corrected chi connectivity index (χ4v) is 6.77. The molecular formula is C23H30ClNO3. The van der Waals surface area contributed by atoms with Gasteiger partial charge < -0.3 is 10.1 Å². The maximum absolute atomic E-state index is 12.9. The van der Waals surface area contributed by atoms with Crippen molar-refractivity contribution in [1.82, 2.24) is 5.32 Å². The average Bonchev–Trinajstić information content (AvgIpc) is 2.59. The van der Waals surface area contributed by atoms with Crippen LogP contribution < -0.4 is 5.32 Å². The molecule has 1 aromatic rings. The second-order valence-electron chi connectivity index (χ2n) is 9.60. The summed E-state index contributed by atoms with van der Waals surface area (Å²) < 4.78 is 5.50. The van der Waals surface area contributed by atoms with Crippen LogP contribution in [0.1, 0.15) is 68.2 Å². The topological polar surface area (TPSA) is 55.4 Å². The molecule has 4 saturated carbocycles. The Labute approximate surface area is 172 Å². The maximum atomic E-state index is 12.9. The Hall–Kier alpha value is -1.55. The predicted octanol–water partition coefficient (Wildman–Crippen LogP) is 4.60. The van der Waals surface area contributed by atoms with Crippen LogP contribution in [0.4, 0.5) is 0 Å². The van der Waals surface area contributed by atoms with Crippen molar-refractivity contribution in [3.05, 3.63) is 34.9 Å². The molecule has 5 rings (SSSR count). The molecule has 0 radical (unpaired) electrons. The Morgan fingerprint density at radius 2 is 1.86 bits per heavy atom. The zero-order valence-corrected chi connectivity index (χ0v) is 17.8. The Morgan fingerprint density at radius 3 is 2.46 bits per heavy atom. The molecular weight excluding hydrogens is 374 g/mol. The summed E-state index contributed by atoms with van der Waals surface area (Å²) >= 11 is 6.80. The molecule has 4 fully saturated rings. The summed E-state index contributed by atoms with van der Waals surface area (Å²) in [6, 6.07) is 6.04. The van der Waals surface area contributed by atoms with E-state index in [1.54, 1.807) is 0 Å². The van der Waals surface area contributed by atoms with E-state index in [2.05, 4.69) is 31.3 Å². The lowest BCUT2D eigenvalue weighted by Crippen LogP contribution is -2.56. The number of alkyl halides is 1. The highest BCUT2D eigenvalue weighted by molar-refractivity contribution is 6.24. The molecule has 1 aromatic carbocycles. The van der Waals surface area contributed by atoms with Crippen LogP contribution >= 0.6 is 11.6 Å². The van der Waals surface area contributed by atoms with Gasteiger partial charge in [0.2, 0.25) is 0 Å². The van der Waals surface area contributed by atoms with E-state index in [1.165, 1.54) is 17.5 Å². The number of ether oxygens (including phenoxy) is 1. The van der Waals surface area contributed by atoms with E-state index in [0.29, 0.717) is 18.3 Å². The van der Waals surface area contributed by atoms with E-state index >= 15 is 0 Å². The summed E-state index contributed by atoms with van der Waals surface area (Å²) in [4.78, 5) is 25.0. The molecule has 4 aliphatic carbocycles. The molecule has 4 nitrogen and oxygen atoms in total. The Balaban J connectivity index is 1.33. The lowest BCUT2D eigenvalue weighted by atomic mass is 9.49. The Bertz CT molecular complexity index is 791. The number of halogens is 1. The highest BCUT2D eigenvalue weighted by atomic mass is 35.5. The number of amides is 1. The molecule has 2 unspecified atom stereocenters. The molecule has 0 spiro atoms. The predicted molar refractivity (Wildman–Crippen MR) is 109 cm³/mol. The summed E-state index contributed by atoms with van der Waals surface area (Å²) in [5.74, 6) is 0.583. The van der Waals surface area contributed by atoms with Crippen LogP contribution in [-0.2, 0) is 14.3 Å². The van der Waals surface area contributed by atoms with Crippen LogP contribution in [0.15, 0.2) is 18.2 Å². The van der Waals surface area contributed by atoms with Gasteiger partial charge >= 0.3 is 5.97 Å². The second-order valence-corrected chi connectivity index (χ2v) is 10.4. The third-order valence-electron chi connectivity index (χ3n) is 7.17. The minimum atomic E-state index is -0.466. The molecule has 4 bridgehead atoms. The van der Waals surface area contributed by atoms with Crippen molar-refractivity contribution >= 4 is 23.5 Å². The van der Waals surface area contributed by atoms with Gasteiger partial charge in [-0.1, -0.05) is 18.2 Å². The van der Waals surface area contributed by atoms with E-state index in [1.807, 2.05) is 13.0 Å². The molecule has 0 heterocycles. The molecule has 0 aromatic heterocycles. The monoisotopic (exact) mass is 403 g/mol. The van der Waals surface area contributed by atoms with Gasteiger partial charge in [0.05, 0.1) is 11.5 Å². The number of aryl methyl sites for hydroxylation is 2. The first-order valence-corrected chi connectivity index (χ1v) is 10.8. The second kappa shape index (κ2) is 7.05. The number of nitrogens with one attached hydrogen (secondary N) is 1. The number of benzene rings is 1. The standard InChI is InChI=1S/C23H30ClNO3/c1-14-4-5-19(6-15(14)2)16(3)25-20(26)12-28-21(27)22-8-17-7-18(9-22)11-23(24,10-17)13-22/h4-6,16-18H,7-13H2,1-3H3,(H,25,26)/t16-,17-,18+,22?,23?/m1/s1. The van der Waals surface area contributed by atoms with E-state index in [-0.39, 0.29) is 29.4 Å². The Morgan fingerprint density at radius 1 is 1.18 bits per heavy atom. The number of hydrogen-bond donors (Lipinski definition) is 1. The lowest BCUT2D eigenvalue weighted by molar-refractivity contribution is -0.171. The van der Waals surface area contributed by atoms with E-state index in [0.717, 1.165) is 31.2 Å². The fraction of sp³-hybridized carbons (Fsp3) is 0.652. The number of carbonyl (C=O) groups excluding carboxylic acids is 2. The van der Waals surface area contributed by atoms with Gasteiger partial charge in [0.1, 0.15) is 0 Å². The van der Waals surface area contributed by atoms with Crippen molar-refractivity contribution in [2.75, 3.05) is 6.61 Å². The highest BCUT2D eigenvalue weighted by Gasteiger charge is 2.60. The molecule has 0 aliphatic heterocycles. The minimum absolute atomic E-state index is 0.129. The summed E-state index contributed by atoms with van der Waals surface area (Å²) in [5.41, 5.74) is 3.00. The lowest BCUT2D eigenvalue weighted by Gasteiger charge is -2.58. The Kier molecular flexibility index (Phi) is 4.97. The van der Waals surface area contributed by atoms with Gasteiger partial charge in [-0.15, -0.1) is 11.6 Å². The van der Waals surface area contributed by atoms with Crippen molar-refractivity contribution in [3.63, 3.8) is 0 Å². The van der Waals surface area contributed by atoms with E-state index < -0.39 is 5.41 Å². The van der Waals surface area contributed by atoms with Crippen molar-refractivity contribution in [2.45, 2.75) is 70.2 Å². The van der Waals surface area contributed by atoms with Crippen LogP contribution in [-0.4, -0.2) is 23.4 Å². The van der Waals surface area contributed by atoms with Crippen LogP contribution in [0.5, 0.6) is 0 Å². The SMILES string of the molecule is Cc1ccc([C@@H](C)NC(=O)COC(=O)C23C[C@@H]4C[C@@H](CC(Cl)(C4)C2)C3)cc1C. The summed E-state index contributed by atoms with van der Waals surface area (Å²) in [5, 5.41) is 2.94. The highest BCUT2D eigenvalue weighted by Crippen LogP contribution is 2.64. The van der Waals surface area contributed by atoms with Crippen molar-refractivity contribution in [3.8, 4) is 0 Å². The molecule has 28 heavy (non-hydrogen) atoms. The third-order valence-corrected chi connectivity index (χ3v) is 7.61. The van der Waals surface area contributed by atoms with E-state index in [9.17, 15) is 9.59 Å². The summed E-state index contributed by atoms with van der Waals surface area (Å²) in [7, 11) is 0. The molecule has 4 aliphatic rings. The van der Waals surface area contributed by atoms with Gasteiger partial charge in [-0.05, 0) is 87.8 Å². The molecule has 0 saturated heterocycles. The molecule has 152 valence electrons.